The van der Waals surface area contributed by atoms with Gasteiger partial charge in [-0.15, -0.1) is 0 Å². The Bertz CT molecular complexity index is 1180. The van der Waals surface area contributed by atoms with Gasteiger partial charge in [0.1, 0.15) is 0 Å². The smallest absolute Gasteiger partial charge is 0.243 e. The standard InChI is InChI=1S/C24H28N4O3S/c1-18-4-9-23(19(2)16-18)32(30,31)27-14-10-21(11-15-27)24(29)25-17-20-5-7-22(8-6-20)28-13-3-12-26-28/h3-9,12-13,16,21H,10-11,14-15,17H2,1-2H3,(H,25,29). The molecular weight excluding hydrogens is 424 g/mol. The summed E-state index contributed by atoms with van der Waals surface area (Å²) in [6.45, 7) is 4.92. The molecule has 7 nitrogen and oxygen atoms in total. The molecule has 1 fully saturated rings. The highest BCUT2D eigenvalue weighted by molar-refractivity contribution is 7.89. The lowest BCUT2D eigenvalue weighted by atomic mass is 9.97. The molecule has 32 heavy (non-hydrogen) atoms. The van der Waals surface area contributed by atoms with Crippen molar-refractivity contribution in [1.29, 1.82) is 0 Å². The summed E-state index contributed by atoms with van der Waals surface area (Å²) in [5, 5.41) is 7.20. The SMILES string of the molecule is Cc1ccc(S(=O)(=O)N2CCC(C(=O)NCc3ccc(-n4cccn4)cc3)CC2)c(C)c1. The van der Waals surface area contributed by atoms with Gasteiger partial charge in [-0.2, -0.15) is 9.40 Å². The minimum Gasteiger partial charge on any atom is -0.352 e. The molecule has 1 N–H and O–H groups in total. The first kappa shape index (κ1) is 22.2. The van der Waals surface area contributed by atoms with E-state index < -0.39 is 10.0 Å². The monoisotopic (exact) mass is 452 g/mol. The maximum Gasteiger partial charge on any atom is 0.243 e. The molecule has 1 aromatic heterocycles. The number of hydrogen-bond donors (Lipinski definition) is 1. The van der Waals surface area contributed by atoms with Gasteiger partial charge in [0.2, 0.25) is 15.9 Å². The number of piperidine rings is 1. The number of aryl methyl sites for hydroxylation is 2. The third-order valence-electron chi connectivity index (χ3n) is 5.95. The summed E-state index contributed by atoms with van der Waals surface area (Å²) in [5.41, 5.74) is 3.75. The topological polar surface area (TPSA) is 84.3 Å². The average molecular weight is 453 g/mol. The fourth-order valence-corrected chi connectivity index (χ4v) is 5.78. The summed E-state index contributed by atoms with van der Waals surface area (Å²) in [5.74, 6) is -0.200. The molecule has 3 aromatic rings. The number of amides is 1. The van der Waals surface area contributed by atoms with Crippen LogP contribution in [0.25, 0.3) is 5.69 Å². The molecule has 1 aliphatic heterocycles. The van der Waals surface area contributed by atoms with Crippen molar-refractivity contribution in [2.24, 2.45) is 5.92 Å². The molecule has 0 unspecified atom stereocenters. The number of hydrogen-bond acceptors (Lipinski definition) is 4. The molecule has 0 atom stereocenters. The van der Waals surface area contributed by atoms with E-state index in [0.29, 0.717) is 37.4 Å². The van der Waals surface area contributed by atoms with Crippen molar-refractivity contribution in [2.45, 2.75) is 38.1 Å². The van der Waals surface area contributed by atoms with Crippen LogP contribution in [0.4, 0.5) is 0 Å². The fourth-order valence-electron chi connectivity index (χ4n) is 4.11. The molecule has 0 bridgehead atoms. The first-order valence-corrected chi connectivity index (χ1v) is 12.2. The molecule has 0 spiro atoms. The lowest BCUT2D eigenvalue weighted by molar-refractivity contribution is -0.126. The van der Waals surface area contributed by atoms with Crippen molar-refractivity contribution in [2.75, 3.05) is 13.1 Å². The first-order valence-electron chi connectivity index (χ1n) is 10.8. The zero-order valence-electron chi connectivity index (χ0n) is 18.4. The Morgan fingerprint density at radius 1 is 1.09 bits per heavy atom. The number of carbonyl (C=O) groups is 1. The van der Waals surface area contributed by atoms with E-state index in [-0.39, 0.29) is 11.8 Å². The van der Waals surface area contributed by atoms with Gasteiger partial charge < -0.3 is 5.32 Å². The molecule has 0 aliphatic carbocycles. The number of aromatic nitrogens is 2. The average Bonchev–Trinajstić information content (AvgIpc) is 3.32. The van der Waals surface area contributed by atoms with Crippen LogP contribution < -0.4 is 5.32 Å². The maximum absolute atomic E-state index is 13.0. The van der Waals surface area contributed by atoms with Crippen molar-refractivity contribution in [3.8, 4) is 5.69 Å². The Hall–Kier alpha value is -2.97. The van der Waals surface area contributed by atoms with Crippen LogP contribution in [0.5, 0.6) is 0 Å². The zero-order valence-corrected chi connectivity index (χ0v) is 19.2. The predicted octanol–water partition coefficient (Wildman–Crippen LogP) is 3.21. The van der Waals surface area contributed by atoms with Gasteiger partial charge in [0, 0.05) is 37.9 Å². The second kappa shape index (κ2) is 9.26. The van der Waals surface area contributed by atoms with Gasteiger partial charge in [0.25, 0.3) is 0 Å². The van der Waals surface area contributed by atoms with Crippen molar-refractivity contribution < 1.29 is 13.2 Å². The molecule has 2 heterocycles. The Morgan fingerprint density at radius 2 is 1.81 bits per heavy atom. The minimum atomic E-state index is -3.54. The fraction of sp³-hybridized carbons (Fsp3) is 0.333. The van der Waals surface area contributed by atoms with Crippen LogP contribution in [0.2, 0.25) is 0 Å². The third-order valence-corrected chi connectivity index (χ3v) is 8.00. The summed E-state index contributed by atoms with van der Waals surface area (Å²) >= 11 is 0. The third kappa shape index (κ3) is 4.76. The van der Waals surface area contributed by atoms with Crippen molar-refractivity contribution in [3.05, 3.63) is 77.6 Å². The van der Waals surface area contributed by atoms with E-state index in [4.69, 9.17) is 0 Å². The Balaban J connectivity index is 1.30. The van der Waals surface area contributed by atoms with E-state index in [1.807, 2.05) is 62.5 Å². The first-order chi connectivity index (χ1) is 15.3. The van der Waals surface area contributed by atoms with E-state index in [2.05, 4.69) is 10.4 Å². The largest absolute Gasteiger partial charge is 0.352 e. The lowest BCUT2D eigenvalue weighted by Gasteiger charge is -2.31. The molecule has 0 radical (unpaired) electrons. The number of benzene rings is 2. The highest BCUT2D eigenvalue weighted by Gasteiger charge is 2.32. The normalized spacial score (nSPS) is 15.6. The van der Waals surface area contributed by atoms with Gasteiger partial charge in [0.15, 0.2) is 0 Å². The summed E-state index contributed by atoms with van der Waals surface area (Å²) in [4.78, 5) is 13.0. The molecule has 1 saturated heterocycles. The molecule has 4 rings (SSSR count). The molecule has 1 amide bonds. The van der Waals surface area contributed by atoms with E-state index in [9.17, 15) is 13.2 Å². The van der Waals surface area contributed by atoms with Crippen molar-refractivity contribution >= 4 is 15.9 Å². The Labute approximate surface area is 189 Å². The van der Waals surface area contributed by atoms with E-state index in [1.165, 1.54) is 4.31 Å². The van der Waals surface area contributed by atoms with Gasteiger partial charge in [0.05, 0.1) is 10.6 Å². The van der Waals surface area contributed by atoms with Gasteiger partial charge in [-0.25, -0.2) is 13.1 Å². The van der Waals surface area contributed by atoms with Gasteiger partial charge in [-0.05, 0) is 62.1 Å². The number of sulfonamides is 1. The second-order valence-electron chi connectivity index (χ2n) is 8.28. The van der Waals surface area contributed by atoms with Crippen LogP contribution in [-0.4, -0.2) is 41.5 Å². The van der Waals surface area contributed by atoms with Crippen molar-refractivity contribution in [3.63, 3.8) is 0 Å². The molecule has 2 aromatic carbocycles. The zero-order chi connectivity index (χ0) is 22.7. The number of rotatable bonds is 6. The maximum atomic E-state index is 13.0. The molecule has 168 valence electrons. The Kier molecular flexibility index (Phi) is 6.43. The van der Waals surface area contributed by atoms with Crippen LogP contribution in [0.15, 0.2) is 65.8 Å². The minimum absolute atomic E-state index is 0.0234. The van der Waals surface area contributed by atoms with Crippen LogP contribution in [0, 0.1) is 19.8 Å². The predicted molar refractivity (Wildman–Crippen MR) is 123 cm³/mol. The number of nitrogens with zero attached hydrogens (tertiary/aromatic N) is 3. The number of nitrogens with one attached hydrogen (secondary N) is 1. The molecule has 0 saturated carbocycles. The molecular formula is C24H28N4O3S. The summed E-state index contributed by atoms with van der Waals surface area (Å²) < 4.78 is 29.4. The Morgan fingerprint density at radius 3 is 2.44 bits per heavy atom. The number of carbonyl (C=O) groups excluding carboxylic acids is 1. The van der Waals surface area contributed by atoms with Gasteiger partial charge >= 0.3 is 0 Å². The highest BCUT2D eigenvalue weighted by Crippen LogP contribution is 2.26. The van der Waals surface area contributed by atoms with Crippen molar-refractivity contribution in [1.82, 2.24) is 19.4 Å². The lowest BCUT2D eigenvalue weighted by Crippen LogP contribution is -2.43. The summed E-state index contributed by atoms with van der Waals surface area (Å²) in [6.07, 6.45) is 4.65. The van der Waals surface area contributed by atoms with Crippen LogP contribution in [0.1, 0.15) is 29.5 Å². The second-order valence-corrected chi connectivity index (χ2v) is 10.2. The quantitative estimate of drug-likeness (QED) is 0.622. The highest BCUT2D eigenvalue weighted by atomic mass is 32.2. The van der Waals surface area contributed by atoms with Crippen LogP contribution in [0.3, 0.4) is 0 Å². The van der Waals surface area contributed by atoms with Gasteiger partial charge in [-0.3, -0.25) is 4.79 Å². The molecule has 8 heteroatoms. The summed E-state index contributed by atoms with van der Waals surface area (Å²) in [7, 11) is -3.54. The van der Waals surface area contributed by atoms with Crippen LogP contribution in [-0.2, 0) is 21.4 Å². The summed E-state index contributed by atoms with van der Waals surface area (Å²) in [6, 6.07) is 15.1. The van der Waals surface area contributed by atoms with E-state index >= 15 is 0 Å². The molecule has 1 aliphatic rings. The van der Waals surface area contributed by atoms with E-state index in [1.54, 1.807) is 16.9 Å². The van der Waals surface area contributed by atoms with Gasteiger partial charge in [-0.1, -0.05) is 29.8 Å². The van der Waals surface area contributed by atoms with Crippen LogP contribution >= 0.6 is 0 Å². The van der Waals surface area contributed by atoms with E-state index in [0.717, 1.165) is 22.4 Å².